The van der Waals surface area contributed by atoms with Crippen LogP contribution >= 0.6 is 0 Å². The summed E-state index contributed by atoms with van der Waals surface area (Å²) >= 11 is 0. The summed E-state index contributed by atoms with van der Waals surface area (Å²) in [5, 5.41) is 11.1. The largest absolute Gasteiger partial charge is 0.618 e. The van der Waals surface area contributed by atoms with E-state index in [0.29, 0.717) is 10.4 Å². The molecule has 1 heterocycles. The van der Waals surface area contributed by atoms with Crippen LogP contribution < -0.4 is 4.73 Å². The Hall–Kier alpha value is -1.30. The van der Waals surface area contributed by atoms with Crippen LogP contribution in [0, 0.1) is 12.1 Å². The number of ether oxygens (including phenoxy) is 1. The molecule has 0 spiro atoms. The van der Waals surface area contributed by atoms with Crippen LogP contribution in [0.25, 0.3) is 0 Å². The van der Waals surface area contributed by atoms with E-state index in [1.165, 1.54) is 19.1 Å². The molecular weight excluding hydrogens is 211 g/mol. The van der Waals surface area contributed by atoms with Crippen molar-refractivity contribution in [1.29, 1.82) is 0 Å². The van der Waals surface area contributed by atoms with Crippen molar-refractivity contribution in [3.8, 4) is 0 Å². The summed E-state index contributed by atoms with van der Waals surface area (Å²) in [5.74, 6) is 0. The highest BCUT2D eigenvalue weighted by Crippen LogP contribution is 2.34. The average molecular weight is 221 g/mol. The fraction of sp³-hybridized carbons (Fsp3) is 0.444. The Balaban J connectivity index is 3.08. The van der Waals surface area contributed by atoms with Gasteiger partial charge in [-0.25, -0.2) is 0 Å². The van der Waals surface area contributed by atoms with Crippen LogP contribution in [-0.2, 0) is 4.74 Å². The van der Waals surface area contributed by atoms with Gasteiger partial charge in [0.2, 0.25) is 0 Å². The molecule has 1 aromatic heterocycles. The Morgan fingerprint density at radius 1 is 1.40 bits per heavy atom. The molecule has 0 aliphatic rings. The summed E-state index contributed by atoms with van der Waals surface area (Å²) < 4.78 is 41.9. The van der Waals surface area contributed by atoms with Gasteiger partial charge in [-0.1, -0.05) is 0 Å². The van der Waals surface area contributed by atoms with Gasteiger partial charge >= 0.3 is 6.18 Å². The van der Waals surface area contributed by atoms with Gasteiger partial charge < -0.3 is 9.94 Å². The molecule has 0 fully saturated rings. The molecule has 15 heavy (non-hydrogen) atoms. The molecule has 3 nitrogen and oxygen atoms in total. The fourth-order valence-corrected chi connectivity index (χ4v) is 1.18. The lowest BCUT2D eigenvalue weighted by Gasteiger charge is -2.18. The maximum Gasteiger partial charge on any atom is 0.419 e. The minimum absolute atomic E-state index is 0.203. The quantitative estimate of drug-likeness (QED) is 0.564. The normalized spacial score (nSPS) is 13.9. The average Bonchev–Trinajstić information content (AvgIpc) is 2.10. The van der Waals surface area contributed by atoms with Gasteiger partial charge in [-0.15, -0.1) is 0 Å². The molecule has 0 saturated carbocycles. The van der Waals surface area contributed by atoms with E-state index in [-0.39, 0.29) is 5.56 Å². The lowest BCUT2D eigenvalue weighted by molar-refractivity contribution is -0.613. The lowest BCUT2D eigenvalue weighted by Crippen LogP contribution is -2.32. The van der Waals surface area contributed by atoms with Gasteiger partial charge in [-0.3, -0.25) is 0 Å². The molecule has 0 radical (unpaired) electrons. The minimum Gasteiger partial charge on any atom is -0.618 e. The first-order valence-corrected chi connectivity index (χ1v) is 4.15. The second kappa shape index (κ2) is 4.06. The maximum atomic E-state index is 12.4. The van der Waals surface area contributed by atoms with Crippen molar-refractivity contribution < 1.29 is 22.6 Å². The number of hydrogen-bond donors (Lipinski definition) is 0. The third-order valence-electron chi connectivity index (χ3n) is 1.97. The lowest BCUT2D eigenvalue weighted by atomic mass is 10.1. The number of nitrogens with zero attached hydrogens (tertiary/aromatic N) is 1. The summed E-state index contributed by atoms with van der Waals surface area (Å²) in [5.41, 5.74) is 0.126. The van der Waals surface area contributed by atoms with Crippen LogP contribution in [0.15, 0.2) is 18.3 Å². The zero-order chi connectivity index (χ0) is 11.6. The van der Waals surface area contributed by atoms with Crippen LogP contribution in [0.1, 0.15) is 17.4 Å². The number of rotatable bonds is 2. The van der Waals surface area contributed by atoms with E-state index in [9.17, 15) is 18.4 Å². The SMILES string of the molecule is COC(c1ccc(C)[n+]([O-])c1)C(F)(F)F. The Kier molecular flexibility index (Phi) is 3.18. The third kappa shape index (κ3) is 2.59. The highest BCUT2D eigenvalue weighted by atomic mass is 19.4. The molecule has 0 N–H and O–H groups in total. The number of hydrogen-bond acceptors (Lipinski definition) is 2. The van der Waals surface area contributed by atoms with E-state index in [1.807, 2.05) is 0 Å². The summed E-state index contributed by atoms with van der Waals surface area (Å²) in [7, 11) is 0.952. The van der Waals surface area contributed by atoms with Gasteiger partial charge in [0, 0.05) is 20.1 Å². The number of aryl methyl sites for hydroxylation is 1. The predicted molar refractivity (Wildman–Crippen MR) is 45.9 cm³/mol. The number of aromatic nitrogens is 1. The fourth-order valence-electron chi connectivity index (χ4n) is 1.18. The van der Waals surface area contributed by atoms with Gasteiger partial charge in [0.25, 0.3) is 0 Å². The first kappa shape index (κ1) is 11.8. The number of pyridine rings is 1. The zero-order valence-corrected chi connectivity index (χ0v) is 8.21. The molecule has 1 aromatic rings. The van der Waals surface area contributed by atoms with Gasteiger partial charge in [0.1, 0.15) is 0 Å². The van der Waals surface area contributed by atoms with Crippen molar-refractivity contribution in [3.05, 3.63) is 34.8 Å². The Morgan fingerprint density at radius 2 is 2.00 bits per heavy atom. The molecule has 1 rings (SSSR count). The van der Waals surface area contributed by atoms with Gasteiger partial charge in [-0.05, 0) is 6.07 Å². The third-order valence-corrected chi connectivity index (χ3v) is 1.97. The molecule has 0 aromatic carbocycles. The molecule has 6 heteroatoms. The summed E-state index contributed by atoms with van der Waals surface area (Å²) in [6.45, 7) is 1.51. The van der Waals surface area contributed by atoms with Crippen molar-refractivity contribution in [2.75, 3.05) is 7.11 Å². The van der Waals surface area contributed by atoms with Crippen molar-refractivity contribution in [1.82, 2.24) is 0 Å². The van der Waals surface area contributed by atoms with E-state index in [4.69, 9.17) is 0 Å². The van der Waals surface area contributed by atoms with Gasteiger partial charge in [0.05, 0.1) is 5.56 Å². The second-order valence-electron chi connectivity index (χ2n) is 3.09. The molecular formula is C9H10F3NO2. The topological polar surface area (TPSA) is 36.2 Å². The Morgan fingerprint density at radius 3 is 2.40 bits per heavy atom. The predicted octanol–water partition coefficient (Wildman–Crippen LogP) is 1.88. The first-order valence-electron chi connectivity index (χ1n) is 4.15. The molecule has 84 valence electrons. The highest BCUT2D eigenvalue weighted by Gasteiger charge is 2.42. The van der Waals surface area contributed by atoms with Crippen LogP contribution in [0.3, 0.4) is 0 Å². The van der Waals surface area contributed by atoms with Crippen LogP contribution in [-0.4, -0.2) is 13.3 Å². The van der Waals surface area contributed by atoms with Crippen LogP contribution in [0.4, 0.5) is 13.2 Å². The van der Waals surface area contributed by atoms with Crippen molar-refractivity contribution in [2.24, 2.45) is 0 Å². The second-order valence-corrected chi connectivity index (χ2v) is 3.09. The molecule has 0 amide bonds. The maximum absolute atomic E-state index is 12.4. The smallest absolute Gasteiger partial charge is 0.419 e. The zero-order valence-electron chi connectivity index (χ0n) is 8.21. The van der Waals surface area contributed by atoms with Crippen molar-refractivity contribution in [2.45, 2.75) is 19.2 Å². The van der Waals surface area contributed by atoms with Gasteiger partial charge in [0.15, 0.2) is 18.0 Å². The molecule has 1 unspecified atom stereocenters. The minimum atomic E-state index is -4.52. The molecule has 0 saturated heterocycles. The Bertz CT molecular complexity index is 352. The van der Waals surface area contributed by atoms with E-state index in [2.05, 4.69) is 4.74 Å². The summed E-state index contributed by atoms with van der Waals surface area (Å²) in [4.78, 5) is 0. The monoisotopic (exact) mass is 221 g/mol. The first-order chi connectivity index (χ1) is 6.86. The van der Waals surface area contributed by atoms with E-state index >= 15 is 0 Å². The summed E-state index contributed by atoms with van der Waals surface area (Å²) in [6, 6.07) is 2.55. The summed E-state index contributed by atoms with van der Waals surface area (Å²) in [6.07, 6.45) is -5.70. The standard InChI is InChI=1S/C9H10F3NO2/c1-6-3-4-7(5-13(6)14)8(15-2)9(10,11)12/h3-5,8H,1-2H3. The molecule has 0 aliphatic carbocycles. The van der Waals surface area contributed by atoms with E-state index < -0.39 is 12.3 Å². The van der Waals surface area contributed by atoms with Crippen LogP contribution in [0.2, 0.25) is 0 Å². The van der Waals surface area contributed by atoms with Gasteiger partial charge in [-0.2, -0.15) is 17.9 Å². The molecule has 0 aliphatic heterocycles. The molecule has 1 atom stereocenters. The van der Waals surface area contributed by atoms with Crippen LogP contribution in [0.5, 0.6) is 0 Å². The molecule has 0 bridgehead atoms. The van der Waals surface area contributed by atoms with Crippen molar-refractivity contribution in [3.63, 3.8) is 0 Å². The van der Waals surface area contributed by atoms with Crippen molar-refractivity contribution >= 4 is 0 Å². The van der Waals surface area contributed by atoms with E-state index in [0.717, 1.165) is 13.3 Å². The number of alkyl halides is 3. The number of methoxy groups -OCH3 is 1. The Labute approximate surface area is 84.7 Å². The van der Waals surface area contributed by atoms with E-state index in [1.54, 1.807) is 0 Å². The highest BCUT2D eigenvalue weighted by molar-refractivity contribution is 5.14. The number of halogens is 3.